The van der Waals surface area contributed by atoms with Gasteiger partial charge in [0.05, 0.1) is 13.2 Å². The Balaban J connectivity index is 1.56. The van der Waals surface area contributed by atoms with E-state index in [0.717, 1.165) is 38.5 Å². The maximum atomic E-state index is 5.52. The second-order valence-electron chi connectivity index (χ2n) is 7.31. The van der Waals surface area contributed by atoms with Crippen LogP contribution in [0, 0.1) is 0 Å². The van der Waals surface area contributed by atoms with E-state index in [0.29, 0.717) is 13.2 Å². The first-order chi connectivity index (χ1) is 14.3. The lowest BCUT2D eigenvalue weighted by atomic mass is 10.0. The van der Waals surface area contributed by atoms with Crippen molar-refractivity contribution in [3.8, 4) is 0 Å². The summed E-state index contributed by atoms with van der Waals surface area (Å²) in [6, 6.07) is 4.13. The second kappa shape index (κ2) is 15.3. The predicted octanol–water partition coefficient (Wildman–Crippen LogP) is 5.22. The molecule has 0 atom stereocenters. The summed E-state index contributed by atoms with van der Waals surface area (Å²) in [6.07, 6.45) is 20.0. The first-order valence-electron chi connectivity index (χ1n) is 10.8. The van der Waals surface area contributed by atoms with Crippen LogP contribution in [0.5, 0.6) is 0 Å². The highest BCUT2D eigenvalue weighted by Crippen LogP contribution is 2.20. The highest BCUT2D eigenvalue weighted by Gasteiger charge is 2.17. The summed E-state index contributed by atoms with van der Waals surface area (Å²) in [5.41, 5.74) is 2.49. The third-order valence-electron chi connectivity index (χ3n) is 5.07. The van der Waals surface area contributed by atoms with Crippen molar-refractivity contribution >= 4 is 0 Å². The Labute approximate surface area is 176 Å². The van der Waals surface area contributed by atoms with Gasteiger partial charge >= 0.3 is 0 Å². The Morgan fingerprint density at radius 2 is 1.86 bits per heavy atom. The molecule has 162 valence electrons. The van der Waals surface area contributed by atoms with Crippen LogP contribution in [0.4, 0.5) is 0 Å². The monoisotopic (exact) mass is 403 g/mol. The third-order valence-corrected chi connectivity index (χ3v) is 5.07. The van der Waals surface area contributed by atoms with Gasteiger partial charge in [0.2, 0.25) is 0 Å². The van der Waals surface area contributed by atoms with Crippen molar-refractivity contribution in [1.82, 2.24) is 4.98 Å². The fourth-order valence-corrected chi connectivity index (χ4v) is 3.48. The van der Waals surface area contributed by atoms with Crippen molar-refractivity contribution in [2.45, 2.75) is 70.4 Å². The van der Waals surface area contributed by atoms with E-state index < -0.39 is 0 Å². The average Bonchev–Trinajstić information content (AvgIpc) is 3.28. The average molecular weight is 404 g/mol. The number of aryl methyl sites for hydroxylation is 1. The standard InChI is InChI=1S/C24H37NO4/c1-26-24(27-2)22(15-16-23-28-18-19-29-23)14-10-8-6-4-3-5-7-9-12-21-13-11-17-25-20-21/h5,7,11,13,15,17,20,23-24H,3-4,6,8-10,12,14,16,18-19H2,1-2H3/b7-5-,22-15-. The third kappa shape index (κ3) is 10.2. The Bertz CT molecular complexity index is 578. The lowest BCUT2D eigenvalue weighted by molar-refractivity contribution is -0.0779. The second-order valence-corrected chi connectivity index (χ2v) is 7.31. The zero-order valence-electron chi connectivity index (χ0n) is 18.1. The molecule has 5 nitrogen and oxygen atoms in total. The lowest BCUT2D eigenvalue weighted by Gasteiger charge is -2.18. The van der Waals surface area contributed by atoms with Crippen molar-refractivity contribution in [3.63, 3.8) is 0 Å². The Hall–Kier alpha value is -1.53. The van der Waals surface area contributed by atoms with Crippen LogP contribution in [0.15, 0.2) is 48.3 Å². The number of aromatic nitrogens is 1. The van der Waals surface area contributed by atoms with Crippen LogP contribution in [-0.2, 0) is 25.4 Å². The van der Waals surface area contributed by atoms with Crippen LogP contribution in [-0.4, -0.2) is 45.0 Å². The van der Waals surface area contributed by atoms with Gasteiger partial charge in [0.1, 0.15) is 0 Å². The van der Waals surface area contributed by atoms with E-state index in [4.69, 9.17) is 18.9 Å². The van der Waals surface area contributed by atoms with Gasteiger partial charge in [-0.05, 0) is 55.7 Å². The normalized spacial score (nSPS) is 15.8. The fraction of sp³-hybridized carbons (Fsp3) is 0.625. The molecule has 0 N–H and O–H groups in total. The van der Waals surface area contributed by atoms with Gasteiger partial charge in [-0.15, -0.1) is 0 Å². The molecule has 1 aliphatic heterocycles. The molecule has 0 unspecified atom stereocenters. The molecule has 0 saturated carbocycles. The number of ether oxygens (including phenoxy) is 4. The molecule has 0 aliphatic carbocycles. The van der Waals surface area contributed by atoms with Crippen molar-refractivity contribution in [2.75, 3.05) is 27.4 Å². The van der Waals surface area contributed by atoms with E-state index in [-0.39, 0.29) is 12.6 Å². The number of allylic oxidation sites excluding steroid dienone is 2. The van der Waals surface area contributed by atoms with E-state index in [1.807, 2.05) is 18.5 Å². The van der Waals surface area contributed by atoms with Crippen LogP contribution >= 0.6 is 0 Å². The first kappa shape index (κ1) is 23.7. The van der Waals surface area contributed by atoms with E-state index >= 15 is 0 Å². The number of unbranched alkanes of at least 4 members (excludes halogenated alkanes) is 4. The van der Waals surface area contributed by atoms with Gasteiger partial charge in [0.25, 0.3) is 0 Å². The Kier molecular flexibility index (Phi) is 12.6. The van der Waals surface area contributed by atoms with Gasteiger partial charge < -0.3 is 18.9 Å². The predicted molar refractivity (Wildman–Crippen MR) is 116 cm³/mol. The van der Waals surface area contributed by atoms with Crippen molar-refractivity contribution < 1.29 is 18.9 Å². The zero-order chi connectivity index (χ0) is 20.6. The number of nitrogens with zero attached hydrogens (tertiary/aromatic N) is 1. The fourth-order valence-electron chi connectivity index (χ4n) is 3.48. The van der Waals surface area contributed by atoms with Gasteiger partial charge in [-0.2, -0.15) is 0 Å². The largest absolute Gasteiger partial charge is 0.352 e. The lowest BCUT2D eigenvalue weighted by Crippen LogP contribution is -2.17. The summed E-state index contributed by atoms with van der Waals surface area (Å²) in [6.45, 7) is 1.37. The molecular formula is C24H37NO4. The summed E-state index contributed by atoms with van der Waals surface area (Å²) >= 11 is 0. The highest BCUT2D eigenvalue weighted by atomic mass is 16.7. The van der Waals surface area contributed by atoms with Gasteiger partial charge in [-0.3, -0.25) is 4.98 Å². The summed E-state index contributed by atoms with van der Waals surface area (Å²) in [5.74, 6) is 0. The van der Waals surface area contributed by atoms with Gasteiger partial charge in [0, 0.05) is 33.0 Å². The highest BCUT2D eigenvalue weighted by molar-refractivity contribution is 5.09. The number of hydrogen-bond donors (Lipinski definition) is 0. The van der Waals surface area contributed by atoms with Crippen LogP contribution in [0.1, 0.15) is 56.9 Å². The molecule has 1 aromatic heterocycles. The molecule has 1 fully saturated rings. The molecule has 1 aromatic rings. The molecule has 5 heteroatoms. The summed E-state index contributed by atoms with van der Waals surface area (Å²) in [7, 11) is 3.37. The molecule has 0 amide bonds. The maximum absolute atomic E-state index is 5.52. The van der Waals surface area contributed by atoms with E-state index in [2.05, 4.69) is 29.3 Å². The molecule has 1 saturated heterocycles. The minimum absolute atomic E-state index is 0.121. The Morgan fingerprint density at radius 1 is 1.10 bits per heavy atom. The molecule has 1 aliphatic rings. The first-order valence-corrected chi connectivity index (χ1v) is 10.8. The summed E-state index contributed by atoms with van der Waals surface area (Å²) in [5, 5.41) is 0. The molecule has 29 heavy (non-hydrogen) atoms. The quantitative estimate of drug-likeness (QED) is 0.228. The zero-order valence-corrected chi connectivity index (χ0v) is 18.1. The van der Waals surface area contributed by atoms with Crippen molar-refractivity contribution in [1.29, 1.82) is 0 Å². The van der Waals surface area contributed by atoms with Crippen LogP contribution in [0.3, 0.4) is 0 Å². The SMILES string of the molecule is COC(OC)/C(=C\CC1OCCO1)CCCCCC/C=C\CCc1cccnc1. The van der Waals surface area contributed by atoms with E-state index in [1.54, 1.807) is 14.2 Å². The minimum Gasteiger partial charge on any atom is -0.352 e. The minimum atomic E-state index is -0.279. The number of methoxy groups -OCH3 is 2. The number of rotatable bonds is 15. The van der Waals surface area contributed by atoms with Crippen molar-refractivity contribution in [2.24, 2.45) is 0 Å². The maximum Gasteiger partial charge on any atom is 0.179 e. The van der Waals surface area contributed by atoms with Crippen LogP contribution in [0.25, 0.3) is 0 Å². The molecule has 0 aromatic carbocycles. The molecule has 0 bridgehead atoms. The van der Waals surface area contributed by atoms with Crippen LogP contribution < -0.4 is 0 Å². The number of hydrogen-bond acceptors (Lipinski definition) is 5. The van der Waals surface area contributed by atoms with Gasteiger partial charge in [-0.1, -0.05) is 37.1 Å². The van der Waals surface area contributed by atoms with Gasteiger partial charge in [0.15, 0.2) is 12.6 Å². The molecule has 2 rings (SSSR count). The summed E-state index contributed by atoms with van der Waals surface area (Å²) < 4.78 is 21.9. The Morgan fingerprint density at radius 3 is 2.59 bits per heavy atom. The van der Waals surface area contributed by atoms with Crippen molar-refractivity contribution in [3.05, 3.63) is 53.9 Å². The molecular weight excluding hydrogens is 366 g/mol. The van der Waals surface area contributed by atoms with E-state index in [1.165, 1.54) is 30.4 Å². The molecule has 0 spiro atoms. The molecule has 0 radical (unpaired) electrons. The van der Waals surface area contributed by atoms with Gasteiger partial charge in [-0.25, -0.2) is 0 Å². The molecule has 2 heterocycles. The van der Waals surface area contributed by atoms with E-state index in [9.17, 15) is 0 Å². The smallest absolute Gasteiger partial charge is 0.179 e. The van der Waals surface area contributed by atoms with Crippen LogP contribution in [0.2, 0.25) is 0 Å². The number of pyridine rings is 1. The topological polar surface area (TPSA) is 49.8 Å². The summed E-state index contributed by atoms with van der Waals surface area (Å²) in [4.78, 5) is 4.15.